The maximum absolute atomic E-state index is 11.6. The van der Waals surface area contributed by atoms with Crippen LogP contribution in [0, 0.1) is 6.92 Å². The molecule has 8 nitrogen and oxygen atoms in total. The number of aryl methyl sites for hydroxylation is 1. The van der Waals surface area contributed by atoms with Gasteiger partial charge in [-0.25, -0.2) is 14.4 Å². The van der Waals surface area contributed by atoms with Gasteiger partial charge >= 0.3 is 18.0 Å². The topological polar surface area (TPSA) is 100 Å². The molecule has 146 valence electrons. The number of para-hydroxylation sites is 1. The highest BCUT2D eigenvalue weighted by molar-refractivity contribution is 5.81. The molecule has 1 aromatic carbocycles. The molecule has 1 rings (SSSR count). The van der Waals surface area contributed by atoms with Crippen molar-refractivity contribution in [3.63, 3.8) is 0 Å². The van der Waals surface area contributed by atoms with E-state index >= 15 is 0 Å². The molecule has 1 unspecified atom stereocenters. The highest BCUT2D eigenvalue weighted by atomic mass is 16.6. The summed E-state index contributed by atoms with van der Waals surface area (Å²) >= 11 is 0. The van der Waals surface area contributed by atoms with Gasteiger partial charge in [0.15, 0.2) is 6.10 Å². The zero-order valence-electron chi connectivity index (χ0n) is 15.1. The van der Waals surface area contributed by atoms with Crippen LogP contribution in [0.3, 0.4) is 0 Å². The van der Waals surface area contributed by atoms with Crippen molar-refractivity contribution in [3.8, 4) is 5.75 Å². The summed E-state index contributed by atoms with van der Waals surface area (Å²) in [4.78, 5) is 34.0. The van der Waals surface area contributed by atoms with E-state index in [0.717, 1.165) is 17.7 Å². The van der Waals surface area contributed by atoms with Gasteiger partial charge in [0.05, 0.1) is 6.54 Å². The van der Waals surface area contributed by atoms with Gasteiger partial charge in [-0.2, -0.15) is 0 Å². The van der Waals surface area contributed by atoms with Gasteiger partial charge in [-0.15, -0.1) is 0 Å². The number of rotatable bonds is 11. The number of esters is 2. The molecule has 0 heterocycles. The second kappa shape index (κ2) is 12.1. The number of amides is 1. The lowest BCUT2D eigenvalue weighted by Gasteiger charge is -2.18. The summed E-state index contributed by atoms with van der Waals surface area (Å²) in [6.45, 7) is 8.28. The molecule has 0 aliphatic rings. The molecule has 0 saturated heterocycles. The second-order valence-corrected chi connectivity index (χ2v) is 5.24. The Balaban J connectivity index is 2.44. The van der Waals surface area contributed by atoms with Crippen molar-refractivity contribution < 1.29 is 33.3 Å². The standard InChI is InChI=1S/C19H23NO7/c1-4-17(21)24-11-10-20-19(23)26-13-15(27-18(22)5-2)12-25-16-9-7-6-8-14(16)3/h4-9,15H,1-2,10-13H2,3H3,(H,20,23). The van der Waals surface area contributed by atoms with Crippen LogP contribution in [0.25, 0.3) is 0 Å². The molecule has 0 aromatic heterocycles. The molecule has 1 atom stereocenters. The van der Waals surface area contributed by atoms with E-state index in [1.54, 1.807) is 6.07 Å². The fourth-order valence-corrected chi connectivity index (χ4v) is 1.81. The molecule has 0 spiro atoms. The number of hydrogen-bond donors (Lipinski definition) is 1. The van der Waals surface area contributed by atoms with Gasteiger partial charge in [0.1, 0.15) is 25.6 Å². The summed E-state index contributed by atoms with van der Waals surface area (Å²) < 4.78 is 20.4. The van der Waals surface area contributed by atoms with Crippen molar-refractivity contribution in [2.45, 2.75) is 13.0 Å². The van der Waals surface area contributed by atoms with E-state index in [4.69, 9.17) is 18.9 Å². The van der Waals surface area contributed by atoms with Crippen molar-refractivity contribution in [2.24, 2.45) is 0 Å². The van der Waals surface area contributed by atoms with E-state index in [1.807, 2.05) is 25.1 Å². The fraction of sp³-hybridized carbons (Fsp3) is 0.316. The van der Waals surface area contributed by atoms with Crippen molar-refractivity contribution >= 4 is 18.0 Å². The Labute approximate surface area is 157 Å². The summed E-state index contributed by atoms with van der Waals surface area (Å²) in [5.74, 6) is -0.616. The third-order valence-electron chi connectivity index (χ3n) is 3.15. The highest BCUT2D eigenvalue weighted by Crippen LogP contribution is 2.16. The Morgan fingerprint density at radius 3 is 2.44 bits per heavy atom. The van der Waals surface area contributed by atoms with Crippen molar-refractivity contribution in [1.29, 1.82) is 0 Å². The fourth-order valence-electron chi connectivity index (χ4n) is 1.81. The predicted molar refractivity (Wildman–Crippen MR) is 97.3 cm³/mol. The van der Waals surface area contributed by atoms with Gasteiger partial charge in [0.25, 0.3) is 0 Å². The van der Waals surface area contributed by atoms with Gasteiger partial charge in [-0.3, -0.25) is 0 Å². The SMILES string of the molecule is C=CC(=O)OCCNC(=O)OCC(COc1ccccc1C)OC(=O)C=C. The first-order chi connectivity index (χ1) is 13.0. The summed E-state index contributed by atoms with van der Waals surface area (Å²) in [5.41, 5.74) is 0.916. The number of nitrogens with one attached hydrogen (secondary N) is 1. The zero-order chi connectivity index (χ0) is 20.1. The Kier molecular flexibility index (Phi) is 9.77. The molecule has 1 amide bonds. The average molecular weight is 377 g/mol. The minimum absolute atomic E-state index is 0.00530. The first-order valence-electron chi connectivity index (χ1n) is 8.17. The predicted octanol–water partition coefficient (Wildman–Crippen LogP) is 1.93. The van der Waals surface area contributed by atoms with Crippen molar-refractivity contribution in [3.05, 3.63) is 55.1 Å². The largest absolute Gasteiger partial charge is 0.489 e. The van der Waals surface area contributed by atoms with Crippen LogP contribution in [0.5, 0.6) is 5.75 Å². The van der Waals surface area contributed by atoms with Crippen LogP contribution in [0.1, 0.15) is 5.56 Å². The summed E-state index contributed by atoms with van der Waals surface area (Å²) in [5, 5.41) is 2.39. The number of ether oxygens (including phenoxy) is 4. The van der Waals surface area contributed by atoms with Crippen LogP contribution in [-0.4, -0.2) is 50.5 Å². The van der Waals surface area contributed by atoms with E-state index in [9.17, 15) is 14.4 Å². The second-order valence-electron chi connectivity index (χ2n) is 5.24. The van der Waals surface area contributed by atoms with Crippen LogP contribution in [0.2, 0.25) is 0 Å². The van der Waals surface area contributed by atoms with Crippen molar-refractivity contribution in [1.82, 2.24) is 5.32 Å². The Morgan fingerprint density at radius 2 is 1.78 bits per heavy atom. The number of hydrogen-bond acceptors (Lipinski definition) is 7. The third kappa shape index (κ3) is 9.10. The van der Waals surface area contributed by atoms with Gasteiger partial charge in [0.2, 0.25) is 0 Å². The van der Waals surface area contributed by atoms with Gasteiger partial charge in [-0.05, 0) is 18.6 Å². The molecule has 0 saturated carbocycles. The number of alkyl carbamates (subject to hydrolysis) is 1. The molecule has 0 bridgehead atoms. The van der Waals surface area contributed by atoms with Crippen LogP contribution < -0.4 is 10.1 Å². The molecule has 0 fully saturated rings. The molecule has 27 heavy (non-hydrogen) atoms. The molecular formula is C19H23NO7. The van der Waals surface area contributed by atoms with E-state index in [1.165, 1.54) is 0 Å². The molecule has 0 aliphatic heterocycles. The Morgan fingerprint density at radius 1 is 1.07 bits per heavy atom. The zero-order valence-corrected chi connectivity index (χ0v) is 15.1. The van der Waals surface area contributed by atoms with Gasteiger partial charge < -0.3 is 24.3 Å². The highest BCUT2D eigenvalue weighted by Gasteiger charge is 2.17. The van der Waals surface area contributed by atoms with Crippen molar-refractivity contribution in [2.75, 3.05) is 26.4 Å². The molecule has 0 aliphatic carbocycles. The normalized spacial score (nSPS) is 10.9. The molecular weight excluding hydrogens is 354 g/mol. The smallest absolute Gasteiger partial charge is 0.407 e. The maximum Gasteiger partial charge on any atom is 0.407 e. The third-order valence-corrected chi connectivity index (χ3v) is 3.15. The minimum Gasteiger partial charge on any atom is -0.489 e. The minimum atomic E-state index is -0.820. The lowest BCUT2D eigenvalue weighted by molar-refractivity contribution is -0.146. The summed E-state index contributed by atoms with van der Waals surface area (Å²) in [7, 11) is 0. The van der Waals surface area contributed by atoms with Gasteiger partial charge in [0, 0.05) is 12.2 Å². The number of carbonyl (C=O) groups is 3. The van der Waals surface area contributed by atoms with Crippen LogP contribution >= 0.6 is 0 Å². The van der Waals surface area contributed by atoms with Crippen LogP contribution in [0.4, 0.5) is 4.79 Å². The first-order valence-corrected chi connectivity index (χ1v) is 8.17. The summed E-state index contributed by atoms with van der Waals surface area (Å²) in [6.07, 6.45) is 0.458. The number of benzene rings is 1. The van der Waals surface area contributed by atoms with E-state index in [-0.39, 0.29) is 26.4 Å². The molecule has 0 radical (unpaired) electrons. The Hall–Kier alpha value is -3.29. The molecule has 1 N–H and O–H groups in total. The van der Waals surface area contributed by atoms with Crippen LogP contribution in [0.15, 0.2) is 49.6 Å². The molecule has 1 aromatic rings. The quantitative estimate of drug-likeness (QED) is 0.272. The monoisotopic (exact) mass is 377 g/mol. The van der Waals surface area contributed by atoms with Gasteiger partial charge in [-0.1, -0.05) is 31.4 Å². The maximum atomic E-state index is 11.6. The van der Waals surface area contributed by atoms with Crippen LogP contribution in [-0.2, 0) is 23.8 Å². The average Bonchev–Trinajstić information content (AvgIpc) is 2.67. The van der Waals surface area contributed by atoms with E-state index in [0.29, 0.717) is 5.75 Å². The lowest BCUT2D eigenvalue weighted by Crippen LogP contribution is -2.34. The Bertz CT molecular complexity index is 672. The number of carbonyl (C=O) groups excluding carboxylic acids is 3. The first kappa shape index (κ1) is 21.8. The lowest BCUT2D eigenvalue weighted by atomic mass is 10.2. The molecule has 8 heteroatoms. The van der Waals surface area contributed by atoms with E-state index < -0.39 is 24.1 Å². The summed E-state index contributed by atoms with van der Waals surface area (Å²) in [6, 6.07) is 7.34. The van der Waals surface area contributed by atoms with E-state index in [2.05, 4.69) is 18.5 Å².